The lowest BCUT2D eigenvalue weighted by molar-refractivity contribution is 0.573. The molecule has 1 aliphatic carbocycles. The van der Waals surface area contributed by atoms with E-state index in [4.69, 9.17) is 5.84 Å². The zero-order valence-corrected chi connectivity index (χ0v) is 9.12. The molecule has 5 heteroatoms. The number of nitrogen functional groups attached to an aromatic ring is 1. The summed E-state index contributed by atoms with van der Waals surface area (Å²) in [4.78, 5) is 8.25. The van der Waals surface area contributed by atoms with Gasteiger partial charge in [0.1, 0.15) is 5.82 Å². The van der Waals surface area contributed by atoms with Crippen molar-refractivity contribution in [3.8, 4) is 0 Å². The van der Waals surface area contributed by atoms with Gasteiger partial charge in [-0.05, 0) is 17.8 Å². The lowest BCUT2D eigenvalue weighted by atomic mass is 10.1. The highest BCUT2D eigenvalue weighted by molar-refractivity contribution is 5.40. The standard InChI is InChI=1S/C10H17N5/c1-10(2)3-7(10)4-13-8-5-12-6-9(14-8)15-11/h5-7H,3-4,11H2,1-2H3,(H2,13,14,15). The quantitative estimate of drug-likeness (QED) is 0.511. The van der Waals surface area contributed by atoms with E-state index in [1.165, 1.54) is 6.42 Å². The molecule has 1 heterocycles. The average Bonchev–Trinajstić information content (AvgIpc) is 2.84. The molecule has 1 aromatic rings. The van der Waals surface area contributed by atoms with Crippen LogP contribution in [0.4, 0.5) is 11.6 Å². The Hall–Kier alpha value is -1.36. The average molecular weight is 207 g/mol. The van der Waals surface area contributed by atoms with Crippen molar-refractivity contribution in [1.82, 2.24) is 9.97 Å². The van der Waals surface area contributed by atoms with E-state index < -0.39 is 0 Å². The molecule has 1 aliphatic rings. The van der Waals surface area contributed by atoms with Crippen molar-refractivity contribution in [1.29, 1.82) is 0 Å². The third kappa shape index (κ3) is 2.36. The molecule has 0 radical (unpaired) electrons. The highest BCUT2D eigenvalue weighted by Gasteiger charge is 2.44. The molecule has 82 valence electrons. The molecule has 15 heavy (non-hydrogen) atoms. The number of nitrogens with zero attached hydrogens (tertiary/aromatic N) is 2. The summed E-state index contributed by atoms with van der Waals surface area (Å²) in [6, 6.07) is 0. The molecule has 1 fully saturated rings. The molecule has 0 amide bonds. The van der Waals surface area contributed by atoms with E-state index in [-0.39, 0.29) is 0 Å². The minimum absolute atomic E-state index is 0.490. The number of hydrogen-bond donors (Lipinski definition) is 3. The van der Waals surface area contributed by atoms with Gasteiger partial charge in [-0.15, -0.1) is 0 Å². The Bertz CT molecular complexity index is 349. The molecular formula is C10H17N5. The van der Waals surface area contributed by atoms with E-state index in [9.17, 15) is 0 Å². The maximum atomic E-state index is 5.25. The molecule has 0 bridgehead atoms. The lowest BCUT2D eigenvalue weighted by Gasteiger charge is -2.07. The maximum Gasteiger partial charge on any atom is 0.160 e. The number of hydrogen-bond acceptors (Lipinski definition) is 5. The summed E-state index contributed by atoms with van der Waals surface area (Å²) in [7, 11) is 0. The van der Waals surface area contributed by atoms with Crippen LogP contribution in [0.1, 0.15) is 20.3 Å². The Morgan fingerprint density at radius 1 is 1.47 bits per heavy atom. The van der Waals surface area contributed by atoms with Crippen LogP contribution >= 0.6 is 0 Å². The number of hydrazine groups is 1. The largest absolute Gasteiger partial charge is 0.368 e. The van der Waals surface area contributed by atoms with E-state index in [0.717, 1.165) is 18.3 Å². The molecule has 2 rings (SSSR count). The zero-order chi connectivity index (χ0) is 10.9. The van der Waals surface area contributed by atoms with Gasteiger partial charge >= 0.3 is 0 Å². The molecule has 1 saturated carbocycles. The van der Waals surface area contributed by atoms with Crippen LogP contribution in [-0.4, -0.2) is 16.5 Å². The second-order valence-electron chi connectivity index (χ2n) is 4.70. The summed E-state index contributed by atoms with van der Waals surface area (Å²) < 4.78 is 0. The second kappa shape index (κ2) is 3.66. The first-order valence-corrected chi connectivity index (χ1v) is 5.14. The number of nitrogens with two attached hydrogens (primary N) is 1. The van der Waals surface area contributed by atoms with Crippen molar-refractivity contribution in [3.63, 3.8) is 0 Å². The predicted octanol–water partition coefficient (Wildman–Crippen LogP) is 1.22. The lowest BCUT2D eigenvalue weighted by Crippen LogP contribution is -2.12. The Balaban J connectivity index is 1.88. The van der Waals surface area contributed by atoms with Crippen LogP contribution in [0.2, 0.25) is 0 Å². The van der Waals surface area contributed by atoms with E-state index in [0.29, 0.717) is 11.2 Å². The van der Waals surface area contributed by atoms with Crippen molar-refractivity contribution in [3.05, 3.63) is 12.4 Å². The fourth-order valence-electron chi connectivity index (χ4n) is 1.67. The minimum atomic E-state index is 0.490. The molecule has 4 N–H and O–H groups in total. The normalized spacial score (nSPS) is 22.2. The molecule has 1 atom stereocenters. The Labute approximate surface area is 89.5 Å². The van der Waals surface area contributed by atoms with Gasteiger partial charge in [-0.2, -0.15) is 0 Å². The maximum absolute atomic E-state index is 5.25. The molecule has 1 unspecified atom stereocenters. The van der Waals surface area contributed by atoms with E-state index in [1.54, 1.807) is 12.4 Å². The summed E-state index contributed by atoms with van der Waals surface area (Å²) in [5, 5.41) is 3.27. The molecule has 0 aromatic carbocycles. The van der Waals surface area contributed by atoms with Crippen molar-refractivity contribution in [2.75, 3.05) is 17.3 Å². The molecular weight excluding hydrogens is 190 g/mol. The Morgan fingerprint density at radius 2 is 2.13 bits per heavy atom. The second-order valence-corrected chi connectivity index (χ2v) is 4.70. The summed E-state index contributed by atoms with van der Waals surface area (Å²) >= 11 is 0. The fourth-order valence-corrected chi connectivity index (χ4v) is 1.67. The van der Waals surface area contributed by atoms with Gasteiger partial charge in [0.15, 0.2) is 5.82 Å². The summed E-state index contributed by atoms with van der Waals surface area (Å²) in [5.41, 5.74) is 2.96. The van der Waals surface area contributed by atoms with Crippen LogP contribution in [0.15, 0.2) is 12.4 Å². The van der Waals surface area contributed by atoms with Crippen LogP contribution in [0.3, 0.4) is 0 Å². The van der Waals surface area contributed by atoms with Gasteiger partial charge in [0.2, 0.25) is 0 Å². The van der Waals surface area contributed by atoms with Crippen molar-refractivity contribution in [2.45, 2.75) is 20.3 Å². The predicted molar refractivity (Wildman–Crippen MR) is 60.2 cm³/mol. The number of rotatable bonds is 4. The summed E-state index contributed by atoms with van der Waals surface area (Å²) in [6.07, 6.45) is 4.57. The first-order valence-electron chi connectivity index (χ1n) is 5.14. The van der Waals surface area contributed by atoms with Crippen LogP contribution in [0.25, 0.3) is 0 Å². The molecule has 5 nitrogen and oxygen atoms in total. The van der Waals surface area contributed by atoms with Crippen molar-refractivity contribution < 1.29 is 0 Å². The van der Waals surface area contributed by atoms with Crippen molar-refractivity contribution >= 4 is 11.6 Å². The van der Waals surface area contributed by atoms with Gasteiger partial charge in [0.05, 0.1) is 12.4 Å². The first-order chi connectivity index (χ1) is 7.12. The van der Waals surface area contributed by atoms with Crippen molar-refractivity contribution in [2.24, 2.45) is 17.2 Å². The summed E-state index contributed by atoms with van der Waals surface area (Å²) in [5.74, 6) is 7.34. The van der Waals surface area contributed by atoms with Crippen LogP contribution in [-0.2, 0) is 0 Å². The van der Waals surface area contributed by atoms with Crippen LogP contribution < -0.4 is 16.6 Å². The first kappa shape index (κ1) is 10.2. The Kier molecular flexibility index (Phi) is 2.48. The molecule has 1 aromatic heterocycles. The van der Waals surface area contributed by atoms with Crippen LogP contribution in [0.5, 0.6) is 0 Å². The topological polar surface area (TPSA) is 75.9 Å². The van der Waals surface area contributed by atoms with Gasteiger partial charge in [0, 0.05) is 6.54 Å². The third-order valence-electron chi connectivity index (χ3n) is 3.03. The number of nitrogens with one attached hydrogen (secondary N) is 2. The smallest absolute Gasteiger partial charge is 0.160 e. The van der Waals surface area contributed by atoms with E-state index in [2.05, 4.69) is 34.6 Å². The van der Waals surface area contributed by atoms with Gasteiger partial charge in [0.25, 0.3) is 0 Å². The van der Waals surface area contributed by atoms with Gasteiger partial charge < -0.3 is 10.7 Å². The monoisotopic (exact) mass is 207 g/mol. The number of anilines is 2. The summed E-state index contributed by atoms with van der Waals surface area (Å²) in [6.45, 7) is 5.52. The van der Waals surface area contributed by atoms with Crippen LogP contribution in [0, 0.1) is 11.3 Å². The van der Waals surface area contributed by atoms with E-state index in [1.807, 2.05) is 0 Å². The third-order valence-corrected chi connectivity index (χ3v) is 3.03. The molecule has 0 spiro atoms. The molecule has 0 saturated heterocycles. The van der Waals surface area contributed by atoms with E-state index >= 15 is 0 Å². The van der Waals surface area contributed by atoms with Gasteiger partial charge in [-0.3, -0.25) is 4.98 Å². The SMILES string of the molecule is CC1(C)CC1CNc1cncc(NN)n1. The highest BCUT2D eigenvalue weighted by Crippen LogP contribution is 2.51. The Morgan fingerprint density at radius 3 is 2.73 bits per heavy atom. The zero-order valence-electron chi connectivity index (χ0n) is 9.12. The van der Waals surface area contributed by atoms with Gasteiger partial charge in [-0.1, -0.05) is 13.8 Å². The molecule has 0 aliphatic heterocycles. The number of aromatic nitrogens is 2. The fraction of sp³-hybridized carbons (Fsp3) is 0.600. The highest BCUT2D eigenvalue weighted by atomic mass is 15.3. The van der Waals surface area contributed by atoms with Gasteiger partial charge in [-0.25, -0.2) is 10.8 Å². The minimum Gasteiger partial charge on any atom is -0.368 e.